The molecule has 4 aromatic heterocycles. The molecule has 0 spiro atoms. The van der Waals surface area contributed by atoms with Gasteiger partial charge in [0.15, 0.2) is 5.88 Å². The number of imidazole rings is 1. The highest BCUT2D eigenvalue weighted by atomic mass is 16.5. The normalized spacial score (nSPS) is 20.9. The monoisotopic (exact) mass is 496 g/mol. The van der Waals surface area contributed by atoms with Crippen LogP contribution < -0.4 is 10.5 Å². The molecular formula is C29H32N6O2. The average molecular weight is 497 g/mol. The number of carbonyl (C=O) groups is 1. The van der Waals surface area contributed by atoms with Crippen LogP contribution in [0, 0.1) is 12.8 Å². The second-order valence-electron chi connectivity index (χ2n) is 10.7. The summed E-state index contributed by atoms with van der Waals surface area (Å²) in [4.78, 5) is 25.5. The number of methoxy groups -OCH3 is 1. The number of rotatable bonds is 6. The van der Waals surface area contributed by atoms with Crippen molar-refractivity contribution < 1.29 is 9.53 Å². The molecule has 4 aromatic rings. The third kappa shape index (κ3) is 3.42. The molecule has 2 fully saturated rings. The van der Waals surface area contributed by atoms with Gasteiger partial charge in [0.1, 0.15) is 17.0 Å². The second kappa shape index (κ2) is 8.18. The topological polar surface area (TPSA) is 90.7 Å². The second-order valence-corrected chi connectivity index (χ2v) is 10.7. The highest BCUT2D eigenvalue weighted by Crippen LogP contribution is 2.39. The summed E-state index contributed by atoms with van der Waals surface area (Å²) in [5.74, 6) is 1.25. The van der Waals surface area contributed by atoms with E-state index in [-0.39, 0.29) is 18.0 Å². The molecule has 190 valence electrons. The van der Waals surface area contributed by atoms with Crippen LogP contribution in [0.1, 0.15) is 54.4 Å². The highest BCUT2D eigenvalue weighted by Gasteiger charge is 2.42. The summed E-state index contributed by atoms with van der Waals surface area (Å²) >= 11 is 0. The Morgan fingerprint density at radius 3 is 2.70 bits per heavy atom. The van der Waals surface area contributed by atoms with E-state index in [1.807, 2.05) is 21.4 Å². The number of nitrogens with two attached hydrogens (primary N) is 1. The summed E-state index contributed by atoms with van der Waals surface area (Å²) in [5, 5.41) is 1.13. The zero-order valence-corrected chi connectivity index (χ0v) is 21.6. The van der Waals surface area contributed by atoms with Gasteiger partial charge in [0.25, 0.3) is 5.91 Å². The van der Waals surface area contributed by atoms with Crippen molar-refractivity contribution in [3.05, 3.63) is 59.1 Å². The number of aromatic nitrogens is 4. The Bertz CT molecular complexity index is 1610. The Morgan fingerprint density at radius 2 is 2.03 bits per heavy atom. The van der Waals surface area contributed by atoms with Crippen molar-refractivity contribution in [3.63, 3.8) is 0 Å². The van der Waals surface area contributed by atoms with Crippen LogP contribution in [-0.4, -0.2) is 48.9 Å². The first-order valence-electron chi connectivity index (χ1n) is 13.3. The van der Waals surface area contributed by atoms with Crippen LogP contribution >= 0.6 is 0 Å². The van der Waals surface area contributed by atoms with Gasteiger partial charge in [-0.3, -0.25) is 9.20 Å². The number of pyridine rings is 2. The van der Waals surface area contributed by atoms with Crippen molar-refractivity contribution >= 4 is 22.6 Å². The fourth-order valence-corrected chi connectivity index (χ4v) is 6.13. The SMILES string of the molecule is CCc1ccc2cc(-c3nc4cc(C(=O)N5C6=CC[C@H]5C[C@H]6N)cc(OC)n4c3C)n(CC3CC3)c2n1. The largest absolute Gasteiger partial charge is 0.482 e. The first-order valence-corrected chi connectivity index (χ1v) is 13.3. The molecule has 0 radical (unpaired) electrons. The molecule has 2 N–H and O–H groups in total. The number of aryl methyl sites for hydroxylation is 2. The summed E-state index contributed by atoms with van der Waals surface area (Å²) in [6, 6.07) is 10.3. The molecule has 2 aliphatic heterocycles. The first kappa shape index (κ1) is 22.5. The third-order valence-corrected chi connectivity index (χ3v) is 8.28. The van der Waals surface area contributed by atoms with Crippen molar-refractivity contribution in [1.29, 1.82) is 0 Å². The zero-order chi connectivity index (χ0) is 25.4. The maximum absolute atomic E-state index is 13.6. The van der Waals surface area contributed by atoms with Gasteiger partial charge in [-0.1, -0.05) is 13.0 Å². The van der Waals surface area contributed by atoms with E-state index in [4.69, 9.17) is 20.4 Å². The van der Waals surface area contributed by atoms with Gasteiger partial charge < -0.3 is 19.9 Å². The average Bonchev–Trinajstić information content (AvgIpc) is 3.23. The van der Waals surface area contributed by atoms with Crippen molar-refractivity contribution in [2.24, 2.45) is 11.7 Å². The molecule has 2 bridgehead atoms. The van der Waals surface area contributed by atoms with Crippen LogP contribution in [0.4, 0.5) is 0 Å². The van der Waals surface area contributed by atoms with Crippen molar-refractivity contribution in [2.45, 2.75) is 64.6 Å². The summed E-state index contributed by atoms with van der Waals surface area (Å²) in [5.41, 5.74) is 13.5. The molecule has 1 saturated carbocycles. The van der Waals surface area contributed by atoms with Gasteiger partial charge in [-0.2, -0.15) is 0 Å². The molecule has 6 heterocycles. The van der Waals surface area contributed by atoms with E-state index >= 15 is 0 Å². The van der Waals surface area contributed by atoms with E-state index in [2.05, 4.69) is 42.7 Å². The molecule has 1 amide bonds. The van der Waals surface area contributed by atoms with Gasteiger partial charge in [0, 0.05) is 47.0 Å². The first-order chi connectivity index (χ1) is 18.0. The molecular weight excluding hydrogens is 464 g/mol. The fourth-order valence-electron chi connectivity index (χ4n) is 6.13. The highest BCUT2D eigenvalue weighted by molar-refractivity contribution is 5.98. The Kier molecular flexibility index (Phi) is 4.98. The lowest BCUT2D eigenvalue weighted by Gasteiger charge is -2.20. The molecule has 8 heteroatoms. The minimum atomic E-state index is -0.0659. The van der Waals surface area contributed by atoms with Crippen LogP contribution in [0.2, 0.25) is 0 Å². The summed E-state index contributed by atoms with van der Waals surface area (Å²) in [7, 11) is 1.64. The Hall–Kier alpha value is -3.65. The Labute approximate surface area is 215 Å². The summed E-state index contributed by atoms with van der Waals surface area (Å²) < 4.78 is 10.1. The summed E-state index contributed by atoms with van der Waals surface area (Å²) in [6.45, 7) is 5.14. The quantitative estimate of drug-likeness (QED) is 0.425. The van der Waals surface area contributed by atoms with Gasteiger partial charge in [-0.25, -0.2) is 9.97 Å². The summed E-state index contributed by atoms with van der Waals surface area (Å²) in [6.07, 6.45) is 7.21. The van der Waals surface area contributed by atoms with E-state index in [1.165, 1.54) is 12.8 Å². The Balaban J connectivity index is 1.37. The minimum Gasteiger partial charge on any atom is -0.482 e. The lowest BCUT2D eigenvalue weighted by molar-refractivity contribution is 0.0792. The molecule has 3 aliphatic rings. The lowest BCUT2D eigenvalue weighted by atomic mass is 10.0. The van der Waals surface area contributed by atoms with Gasteiger partial charge in [0.05, 0.1) is 18.5 Å². The van der Waals surface area contributed by atoms with E-state index in [0.717, 1.165) is 65.3 Å². The van der Waals surface area contributed by atoms with Gasteiger partial charge >= 0.3 is 0 Å². The number of hydrogen-bond donors (Lipinski definition) is 1. The van der Waals surface area contributed by atoms with E-state index in [0.29, 0.717) is 23.0 Å². The number of fused-ring (bicyclic) bond motifs is 4. The molecule has 8 nitrogen and oxygen atoms in total. The van der Waals surface area contributed by atoms with Gasteiger partial charge in [-0.15, -0.1) is 0 Å². The predicted molar refractivity (Wildman–Crippen MR) is 143 cm³/mol. The van der Waals surface area contributed by atoms with Crippen LogP contribution in [0.15, 0.2) is 42.1 Å². The van der Waals surface area contributed by atoms with E-state index < -0.39 is 0 Å². The molecule has 0 unspecified atom stereocenters. The van der Waals surface area contributed by atoms with E-state index in [1.54, 1.807) is 7.11 Å². The van der Waals surface area contributed by atoms with Crippen LogP contribution in [0.3, 0.4) is 0 Å². The standard InChI is InChI=1S/C29H32N6O2/c1-4-20-8-7-18-11-24(33(28(18)31-20)15-17-5-6-17)27-16(2)34-25(32-27)12-19(13-26(34)37-3)29(36)35-21-9-10-23(35)22(30)14-21/h7-8,10-13,17,21-22H,4-6,9,14-15,30H2,1-3H3/t21-,22+/m0/s1. The molecule has 7 rings (SSSR count). The molecule has 1 saturated heterocycles. The molecule has 1 aliphatic carbocycles. The maximum atomic E-state index is 13.6. The third-order valence-electron chi connectivity index (χ3n) is 8.28. The number of nitrogens with zero attached hydrogens (tertiary/aromatic N) is 5. The van der Waals surface area contributed by atoms with Gasteiger partial charge in [0.2, 0.25) is 0 Å². The minimum absolute atomic E-state index is 0.0381. The van der Waals surface area contributed by atoms with Crippen molar-refractivity contribution in [1.82, 2.24) is 23.8 Å². The Morgan fingerprint density at radius 1 is 1.19 bits per heavy atom. The number of hydrogen-bond acceptors (Lipinski definition) is 5. The van der Waals surface area contributed by atoms with Gasteiger partial charge in [-0.05, 0) is 69.2 Å². The van der Waals surface area contributed by atoms with Crippen LogP contribution in [0.5, 0.6) is 5.88 Å². The van der Waals surface area contributed by atoms with E-state index in [9.17, 15) is 4.79 Å². The maximum Gasteiger partial charge on any atom is 0.258 e. The fraction of sp³-hybridized carbons (Fsp3) is 0.414. The zero-order valence-electron chi connectivity index (χ0n) is 21.6. The number of carbonyl (C=O) groups excluding carboxylic acids is 1. The van der Waals surface area contributed by atoms with Crippen molar-refractivity contribution in [2.75, 3.05) is 7.11 Å². The number of amides is 1. The molecule has 37 heavy (non-hydrogen) atoms. The van der Waals surface area contributed by atoms with Crippen LogP contribution in [-0.2, 0) is 13.0 Å². The predicted octanol–water partition coefficient (Wildman–Crippen LogP) is 4.47. The number of ether oxygens (including phenoxy) is 1. The van der Waals surface area contributed by atoms with Crippen molar-refractivity contribution in [3.8, 4) is 17.3 Å². The van der Waals surface area contributed by atoms with Crippen LogP contribution in [0.25, 0.3) is 28.1 Å². The lowest BCUT2D eigenvalue weighted by Crippen LogP contribution is -2.31. The molecule has 0 aromatic carbocycles. The molecule has 2 atom stereocenters. The smallest absolute Gasteiger partial charge is 0.258 e.